The molecule has 104 valence electrons. The second-order valence-corrected chi connectivity index (χ2v) is 4.64. The molecule has 0 heterocycles. The van der Waals surface area contributed by atoms with E-state index in [1.54, 1.807) is 24.3 Å². The fourth-order valence-corrected chi connectivity index (χ4v) is 2.02. The molecule has 0 spiro atoms. The highest BCUT2D eigenvalue weighted by Crippen LogP contribution is 2.27. The van der Waals surface area contributed by atoms with Crippen LogP contribution in [0.4, 0.5) is 15.8 Å². The molecule has 20 heavy (non-hydrogen) atoms. The lowest BCUT2D eigenvalue weighted by Gasteiger charge is -2.17. The average Bonchev–Trinajstić information content (AvgIpc) is 2.41. The molecule has 0 saturated carbocycles. The van der Waals surface area contributed by atoms with E-state index in [0.29, 0.717) is 11.3 Å². The first kappa shape index (κ1) is 14.0. The Labute approximate surface area is 116 Å². The lowest BCUT2D eigenvalue weighted by Crippen LogP contribution is -2.09. The van der Waals surface area contributed by atoms with Crippen molar-refractivity contribution < 1.29 is 9.31 Å². The molecule has 5 heteroatoms. The molecule has 1 atom stereocenters. The van der Waals surface area contributed by atoms with Crippen molar-refractivity contribution in [3.8, 4) is 0 Å². The summed E-state index contributed by atoms with van der Waals surface area (Å²) in [4.78, 5) is 10.3. The van der Waals surface area contributed by atoms with Crippen molar-refractivity contribution in [2.45, 2.75) is 19.9 Å². The Morgan fingerprint density at radius 2 is 1.95 bits per heavy atom. The maximum Gasteiger partial charge on any atom is 0.271 e. The van der Waals surface area contributed by atoms with Gasteiger partial charge in [0.2, 0.25) is 0 Å². The summed E-state index contributed by atoms with van der Waals surface area (Å²) in [5.74, 6) is -0.296. The number of nitrogens with zero attached hydrogens (tertiary/aromatic N) is 1. The van der Waals surface area contributed by atoms with Crippen LogP contribution in [0.5, 0.6) is 0 Å². The van der Waals surface area contributed by atoms with Gasteiger partial charge < -0.3 is 5.32 Å². The minimum absolute atomic E-state index is 0.0128. The average molecular weight is 274 g/mol. The molecular formula is C15H15FN2O2. The molecular weight excluding hydrogens is 259 g/mol. The fraction of sp³-hybridized carbons (Fsp3) is 0.200. The summed E-state index contributed by atoms with van der Waals surface area (Å²) in [6, 6.07) is 10.8. The molecule has 0 amide bonds. The number of anilines is 1. The summed E-state index contributed by atoms with van der Waals surface area (Å²) in [6.07, 6.45) is 0. The van der Waals surface area contributed by atoms with Crippen LogP contribution < -0.4 is 5.32 Å². The topological polar surface area (TPSA) is 55.2 Å². The van der Waals surface area contributed by atoms with E-state index >= 15 is 0 Å². The van der Waals surface area contributed by atoms with Crippen LogP contribution >= 0.6 is 0 Å². The van der Waals surface area contributed by atoms with Crippen molar-refractivity contribution in [3.63, 3.8) is 0 Å². The Kier molecular flexibility index (Phi) is 3.98. The molecule has 0 aliphatic carbocycles. The first-order valence-corrected chi connectivity index (χ1v) is 6.25. The summed E-state index contributed by atoms with van der Waals surface area (Å²) >= 11 is 0. The van der Waals surface area contributed by atoms with Crippen LogP contribution in [0.1, 0.15) is 24.1 Å². The molecule has 0 bridgehead atoms. The Morgan fingerprint density at radius 3 is 2.60 bits per heavy atom. The first-order chi connectivity index (χ1) is 9.49. The normalized spacial score (nSPS) is 11.9. The molecule has 0 radical (unpaired) electrons. The zero-order valence-corrected chi connectivity index (χ0v) is 11.3. The van der Waals surface area contributed by atoms with E-state index in [4.69, 9.17) is 0 Å². The van der Waals surface area contributed by atoms with E-state index in [9.17, 15) is 14.5 Å². The number of rotatable bonds is 4. The zero-order valence-electron chi connectivity index (χ0n) is 11.3. The molecule has 0 aliphatic rings. The smallest absolute Gasteiger partial charge is 0.271 e. The first-order valence-electron chi connectivity index (χ1n) is 6.25. The van der Waals surface area contributed by atoms with E-state index < -0.39 is 4.92 Å². The highest BCUT2D eigenvalue weighted by molar-refractivity contribution is 5.57. The fourth-order valence-electron chi connectivity index (χ4n) is 2.02. The standard InChI is InChI=1S/C15H15FN2O2/c1-10-7-8-12(18(19)20)9-15(10)17-11(2)13-5-3-4-6-14(13)16/h3-9,11,17H,1-2H3. The monoisotopic (exact) mass is 274 g/mol. The minimum Gasteiger partial charge on any atom is -0.378 e. The lowest BCUT2D eigenvalue weighted by atomic mass is 10.1. The Hall–Kier alpha value is -2.43. The third-order valence-corrected chi connectivity index (χ3v) is 3.18. The molecule has 2 aromatic rings. The number of hydrogen-bond acceptors (Lipinski definition) is 3. The van der Waals surface area contributed by atoms with Crippen LogP contribution in [-0.4, -0.2) is 4.92 Å². The zero-order chi connectivity index (χ0) is 14.7. The predicted octanol–water partition coefficient (Wildman–Crippen LogP) is 4.22. The second kappa shape index (κ2) is 5.69. The molecule has 0 aliphatic heterocycles. The van der Waals surface area contributed by atoms with Gasteiger partial charge in [0.1, 0.15) is 5.82 Å². The van der Waals surface area contributed by atoms with Crippen LogP contribution in [0.2, 0.25) is 0 Å². The number of hydrogen-bond donors (Lipinski definition) is 1. The summed E-state index contributed by atoms with van der Waals surface area (Å²) in [7, 11) is 0. The van der Waals surface area contributed by atoms with Gasteiger partial charge in [-0.3, -0.25) is 10.1 Å². The summed E-state index contributed by atoms with van der Waals surface area (Å²) < 4.78 is 13.7. The summed E-state index contributed by atoms with van der Waals surface area (Å²) in [6.45, 7) is 3.66. The number of nitro benzene ring substituents is 1. The lowest BCUT2D eigenvalue weighted by molar-refractivity contribution is -0.384. The van der Waals surface area contributed by atoms with Gasteiger partial charge in [-0.25, -0.2) is 4.39 Å². The van der Waals surface area contributed by atoms with Gasteiger partial charge in [-0.1, -0.05) is 24.3 Å². The second-order valence-electron chi connectivity index (χ2n) is 4.64. The van der Waals surface area contributed by atoms with Gasteiger partial charge in [0.05, 0.1) is 11.0 Å². The van der Waals surface area contributed by atoms with Crippen LogP contribution in [0, 0.1) is 22.9 Å². The van der Waals surface area contributed by atoms with E-state index in [0.717, 1.165) is 5.56 Å². The number of nitro groups is 1. The molecule has 0 aromatic heterocycles. The van der Waals surface area contributed by atoms with Crippen molar-refractivity contribution in [2.75, 3.05) is 5.32 Å². The van der Waals surface area contributed by atoms with Crippen LogP contribution in [0.25, 0.3) is 0 Å². The Balaban J connectivity index is 2.28. The SMILES string of the molecule is Cc1ccc([N+](=O)[O-])cc1NC(C)c1ccccc1F. The van der Waals surface area contributed by atoms with Gasteiger partial charge in [0.25, 0.3) is 5.69 Å². The van der Waals surface area contributed by atoms with Gasteiger partial charge >= 0.3 is 0 Å². The highest BCUT2D eigenvalue weighted by Gasteiger charge is 2.13. The van der Waals surface area contributed by atoms with Crippen LogP contribution in [0.3, 0.4) is 0 Å². The molecule has 1 unspecified atom stereocenters. The molecule has 0 saturated heterocycles. The summed E-state index contributed by atoms with van der Waals surface area (Å²) in [5, 5.41) is 13.9. The van der Waals surface area contributed by atoms with Crippen LogP contribution in [0.15, 0.2) is 42.5 Å². The molecule has 1 N–H and O–H groups in total. The largest absolute Gasteiger partial charge is 0.378 e. The van der Waals surface area contributed by atoms with Gasteiger partial charge in [0.15, 0.2) is 0 Å². The predicted molar refractivity (Wildman–Crippen MR) is 76.3 cm³/mol. The van der Waals surface area contributed by atoms with E-state index in [1.165, 1.54) is 18.2 Å². The van der Waals surface area contributed by atoms with Gasteiger partial charge in [-0.05, 0) is 25.5 Å². The molecule has 2 aromatic carbocycles. The maximum absolute atomic E-state index is 13.7. The number of nitrogens with one attached hydrogen (secondary N) is 1. The number of halogens is 1. The molecule has 0 fully saturated rings. The number of non-ortho nitro benzene ring substituents is 1. The van der Waals surface area contributed by atoms with Crippen LogP contribution in [-0.2, 0) is 0 Å². The maximum atomic E-state index is 13.7. The summed E-state index contributed by atoms with van der Waals surface area (Å²) in [5.41, 5.74) is 2.05. The third-order valence-electron chi connectivity index (χ3n) is 3.18. The van der Waals surface area contributed by atoms with E-state index in [1.807, 2.05) is 13.8 Å². The molecule has 4 nitrogen and oxygen atoms in total. The van der Waals surface area contributed by atoms with Gasteiger partial charge in [-0.15, -0.1) is 0 Å². The van der Waals surface area contributed by atoms with Crippen molar-refractivity contribution >= 4 is 11.4 Å². The highest BCUT2D eigenvalue weighted by atomic mass is 19.1. The van der Waals surface area contributed by atoms with Crippen molar-refractivity contribution in [3.05, 3.63) is 69.5 Å². The van der Waals surface area contributed by atoms with E-state index in [-0.39, 0.29) is 17.5 Å². The third kappa shape index (κ3) is 2.93. The molecule has 2 rings (SSSR count). The van der Waals surface area contributed by atoms with Crippen molar-refractivity contribution in [1.82, 2.24) is 0 Å². The quantitative estimate of drug-likeness (QED) is 0.671. The number of benzene rings is 2. The van der Waals surface area contributed by atoms with E-state index in [2.05, 4.69) is 5.32 Å². The Bertz CT molecular complexity index is 644. The number of aryl methyl sites for hydroxylation is 1. The van der Waals surface area contributed by atoms with Crippen molar-refractivity contribution in [1.29, 1.82) is 0 Å². The van der Waals surface area contributed by atoms with Crippen molar-refractivity contribution in [2.24, 2.45) is 0 Å². The van der Waals surface area contributed by atoms with Gasteiger partial charge in [0, 0.05) is 23.4 Å². The van der Waals surface area contributed by atoms with Gasteiger partial charge in [-0.2, -0.15) is 0 Å². The minimum atomic E-state index is -0.446. The Morgan fingerprint density at radius 1 is 1.25 bits per heavy atom.